The first-order valence-electron chi connectivity index (χ1n) is 8.67. The van der Waals surface area contributed by atoms with Crippen LogP contribution in [0, 0.1) is 18.3 Å². The molecular formula is C19H17N3O5S2. The fourth-order valence-electron chi connectivity index (χ4n) is 2.62. The van der Waals surface area contributed by atoms with Crippen molar-refractivity contribution in [1.82, 2.24) is 5.32 Å². The molecule has 3 rings (SSSR count). The highest BCUT2D eigenvalue weighted by Crippen LogP contribution is 2.33. The number of nitrogens with one attached hydrogen (secondary N) is 2. The highest BCUT2D eigenvalue weighted by atomic mass is 32.1. The second kappa shape index (κ2) is 8.89. The van der Waals surface area contributed by atoms with E-state index in [1.165, 1.54) is 0 Å². The van der Waals surface area contributed by atoms with Crippen LogP contribution < -0.4 is 20.1 Å². The second-order valence-electron chi connectivity index (χ2n) is 5.86. The summed E-state index contributed by atoms with van der Waals surface area (Å²) in [6.07, 6.45) is 0. The van der Waals surface area contributed by atoms with Gasteiger partial charge in [-0.15, -0.1) is 11.3 Å². The molecule has 0 unspecified atom stereocenters. The maximum absolute atomic E-state index is 12.5. The van der Waals surface area contributed by atoms with Crippen LogP contribution in [0.2, 0.25) is 0 Å². The van der Waals surface area contributed by atoms with Crippen molar-refractivity contribution < 1.29 is 23.8 Å². The molecular weight excluding hydrogens is 414 g/mol. The van der Waals surface area contributed by atoms with Gasteiger partial charge in [0.15, 0.2) is 16.6 Å². The Morgan fingerprint density at radius 1 is 1.31 bits per heavy atom. The van der Waals surface area contributed by atoms with Crippen LogP contribution in [0.15, 0.2) is 18.2 Å². The Morgan fingerprint density at radius 3 is 2.72 bits per heavy atom. The van der Waals surface area contributed by atoms with Gasteiger partial charge in [-0.3, -0.25) is 10.1 Å². The van der Waals surface area contributed by atoms with Crippen LogP contribution in [0.25, 0.3) is 0 Å². The Hall–Kier alpha value is -3.16. The summed E-state index contributed by atoms with van der Waals surface area (Å²) in [5.74, 6) is 0.109. The van der Waals surface area contributed by atoms with E-state index in [9.17, 15) is 14.9 Å². The lowest BCUT2D eigenvalue weighted by Crippen LogP contribution is -2.34. The molecule has 0 fully saturated rings. The summed E-state index contributed by atoms with van der Waals surface area (Å²) in [5, 5.41) is 15.1. The maximum Gasteiger partial charge on any atom is 0.348 e. The molecule has 8 nitrogen and oxygen atoms in total. The highest BCUT2D eigenvalue weighted by molar-refractivity contribution is 7.80. The van der Waals surface area contributed by atoms with E-state index >= 15 is 0 Å². The summed E-state index contributed by atoms with van der Waals surface area (Å²) in [4.78, 5) is 24.8. The SMILES string of the molecule is CCOC(=O)c1sc(NC(=S)NC(=O)c2ccc3c(c2)OCCO3)c(C#N)c1C. The summed E-state index contributed by atoms with van der Waals surface area (Å²) >= 11 is 6.24. The van der Waals surface area contributed by atoms with Gasteiger partial charge in [-0.05, 0) is 49.8 Å². The number of nitriles is 1. The minimum atomic E-state index is -0.509. The van der Waals surface area contributed by atoms with E-state index in [0.717, 1.165) is 11.3 Å². The normalized spacial score (nSPS) is 11.9. The zero-order chi connectivity index (χ0) is 21.0. The first-order valence-corrected chi connectivity index (χ1v) is 9.89. The van der Waals surface area contributed by atoms with E-state index in [2.05, 4.69) is 10.6 Å². The third kappa shape index (κ3) is 4.47. The number of carbonyl (C=O) groups is 2. The number of amides is 1. The van der Waals surface area contributed by atoms with Crippen LogP contribution in [0.3, 0.4) is 0 Å². The molecule has 1 aromatic heterocycles. The van der Waals surface area contributed by atoms with E-state index in [0.29, 0.717) is 45.7 Å². The highest BCUT2D eigenvalue weighted by Gasteiger charge is 2.22. The Bertz CT molecular complexity index is 1030. The number of nitrogens with zero attached hydrogens (tertiary/aromatic N) is 1. The largest absolute Gasteiger partial charge is 0.486 e. The van der Waals surface area contributed by atoms with Gasteiger partial charge < -0.3 is 19.5 Å². The average Bonchev–Trinajstić information content (AvgIpc) is 3.02. The minimum Gasteiger partial charge on any atom is -0.486 e. The number of esters is 1. The Labute approximate surface area is 176 Å². The molecule has 0 radical (unpaired) electrons. The van der Waals surface area contributed by atoms with Crippen LogP contribution >= 0.6 is 23.6 Å². The standard InChI is InChI=1S/C19H17N3O5S2/c1-3-25-18(24)15-10(2)12(9-20)17(29-15)22-19(28)21-16(23)11-4-5-13-14(8-11)27-7-6-26-13/h4-5,8H,3,6-7H2,1-2H3,(H2,21,22,23,28). The Morgan fingerprint density at radius 2 is 2.03 bits per heavy atom. The Balaban J connectivity index is 1.72. The van der Waals surface area contributed by atoms with Crippen LogP contribution in [-0.2, 0) is 4.74 Å². The number of anilines is 1. The third-order valence-corrected chi connectivity index (χ3v) is 5.37. The van der Waals surface area contributed by atoms with Gasteiger partial charge in [0.2, 0.25) is 0 Å². The first kappa shape index (κ1) is 20.6. The number of benzene rings is 1. The number of rotatable bonds is 4. The first-order chi connectivity index (χ1) is 13.9. The molecule has 29 heavy (non-hydrogen) atoms. The van der Waals surface area contributed by atoms with E-state index in [1.807, 2.05) is 6.07 Å². The molecule has 0 aliphatic carbocycles. The fraction of sp³-hybridized carbons (Fsp3) is 0.263. The lowest BCUT2D eigenvalue weighted by atomic mass is 10.2. The molecule has 0 atom stereocenters. The maximum atomic E-state index is 12.5. The minimum absolute atomic E-state index is 0.00181. The summed E-state index contributed by atoms with van der Waals surface area (Å²) in [7, 11) is 0. The van der Waals surface area contributed by atoms with Crippen molar-refractivity contribution in [2.75, 3.05) is 25.1 Å². The summed E-state index contributed by atoms with van der Waals surface area (Å²) < 4.78 is 15.9. The molecule has 1 aliphatic rings. The molecule has 1 amide bonds. The number of carbonyl (C=O) groups excluding carboxylic acids is 2. The molecule has 0 spiro atoms. The molecule has 1 aliphatic heterocycles. The van der Waals surface area contributed by atoms with Crippen LogP contribution in [-0.4, -0.2) is 36.8 Å². The van der Waals surface area contributed by atoms with Crippen molar-refractivity contribution in [2.24, 2.45) is 0 Å². The molecule has 2 heterocycles. The zero-order valence-electron chi connectivity index (χ0n) is 15.7. The predicted octanol–water partition coefficient (Wildman–Crippen LogP) is 3.00. The molecule has 10 heteroatoms. The summed E-state index contributed by atoms with van der Waals surface area (Å²) in [6, 6.07) is 6.87. The molecule has 150 valence electrons. The smallest absolute Gasteiger partial charge is 0.348 e. The average molecular weight is 431 g/mol. The van der Waals surface area contributed by atoms with Crippen molar-refractivity contribution >= 4 is 45.5 Å². The van der Waals surface area contributed by atoms with Crippen LogP contribution in [0.5, 0.6) is 11.5 Å². The van der Waals surface area contributed by atoms with Gasteiger partial charge in [0.1, 0.15) is 29.2 Å². The molecule has 0 saturated carbocycles. The van der Waals surface area contributed by atoms with Crippen molar-refractivity contribution in [3.8, 4) is 17.6 Å². The number of hydrogen-bond donors (Lipinski definition) is 2. The fourth-order valence-corrected chi connectivity index (χ4v) is 3.94. The zero-order valence-corrected chi connectivity index (χ0v) is 17.3. The van der Waals surface area contributed by atoms with Gasteiger partial charge >= 0.3 is 5.97 Å². The van der Waals surface area contributed by atoms with Crippen molar-refractivity contribution in [3.05, 3.63) is 39.8 Å². The quantitative estimate of drug-likeness (QED) is 0.562. The van der Waals surface area contributed by atoms with Gasteiger partial charge in [0, 0.05) is 5.56 Å². The molecule has 1 aromatic carbocycles. The molecule has 2 N–H and O–H groups in total. The van der Waals surface area contributed by atoms with Crippen molar-refractivity contribution in [1.29, 1.82) is 5.26 Å². The van der Waals surface area contributed by atoms with E-state index in [1.54, 1.807) is 32.0 Å². The van der Waals surface area contributed by atoms with Gasteiger partial charge in [-0.1, -0.05) is 0 Å². The molecule has 0 bridgehead atoms. The lowest BCUT2D eigenvalue weighted by Gasteiger charge is -2.18. The van der Waals surface area contributed by atoms with Crippen molar-refractivity contribution in [3.63, 3.8) is 0 Å². The van der Waals surface area contributed by atoms with Gasteiger partial charge in [-0.25, -0.2) is 4.79 Å². The Kier molecular flexibility index (Phi) is 6.31. The molecule has 0 saturated heterocycles. The van der Waals surface area contributed by atoms with Crippen LogP contribution in [0.1, 0.15) is 38.1 Å². The number of fused-ring (bicyclic) bond motifs is 1. The number of ether oxygens (including phenoxy) is 3. The summed E-state index contributed by atoms with van der Waals surface area (Å²) in [6.45, 7) is 4.46. The van der Waals surface area contributed by atoms with Gasteiger partial charge in [-0.2, -0.15) is 5.26 Å². The van der Waals surface area contributed by atoms with Crippen LogP contribution in [0.4, 0.5) is 5.00 Å². The second-order valence-corrected chi connectivity index (χ2v) is 7.29. The third-order valence-electron chi connectivity index (χ3n) is 3.98. The number of thiophene rings is 1. The van der Waals surface area contributed by atoms with Gasteiger partial charge in [0.25, 0.3) is 5.91 Å². The number of thiocarbonyl (C=S) groups is 1. The summed E-state index contributed by atoms with van der Waals surface area (Å²) in [5.41, 5.74) is 1.11. The van der Waals surface area contributed by atoms with Crippen molar-refractivity contribution in [2.45, 2.75) is 13.8 Å². The monoisotopic (exact) mass is 431 g/mol. The number of hydrogen-bond acceptors (Lipinski definition) is 8. The predicted molar refractivity (Wildman–Crippen MR) is 111 cm³/mol. The lowest BCUT2D eigenvalue weighted by molar-refractivity contribution is 0.0531. The topological polar surface area (TPSA) is 110 Å². The van der Waals surface area contributed by atoms with Gasteiger partial charge in [0.05, 0.1) is 12.2 Å². The van der Waals surface area contributed by atoms with E-state index in [-0.39, 0.29) is 17.3 Å². The molecule has 2 aromatic rings. The van der Waals surface area contributed by atoms with E-state index < -0.39 is 11.9 Å². The van der Waals surface area contributed by atoms with E-state index in [4.69, 9.17) is 26.4 Å².